The number of carbonyl (C=O) groups is 2. The van der Waals surface area contributed by atoms with Gasteiger partial charge in [-0.15, -0.1) is 0 Å². The van der Waals surface area contributed by atoms with Crippen LogP contribution < -0.4 is 5.32 Å². The van der Waals surface area contributed by atoms with E-state index in [0.29, 0.717) is 32.0 Å². The lowest BCUT2D eigenvalue weighted by molar-refractivity contribution is -0.154. The van der Waals surface area contributed by atoms with Crippen LogP contribution in [0.2, 0.25) is 0 Å². The SMILES string of the molecule is CC1CCN(C(=O)CC2CNCCO2)C(C(=O)O)C1. The number of carboxylic acids is 1. The van der Waals surface area contributed by atoms with Crippen LogP contribution >= 0.6 is 0 Å². The maximum absolute atomic E-state index is 12.2. The van der Waals surface area contributed by atoms with Crippen LogP contribution in [0, 0.1) is 5.92 Å². The molecule has 19 heavy (non-hydrogen) atoms. The minimum atomic E-state index is -0.900. The smallest absolute Gasteiger partial charge is 0.326 e. The van der Waals surface area contributed by atoms with Gasteiger partial charge in [0.25, 0.3) is 0 Å². The molecule has 2 rings (SSSR count). The van der Waals surface area contributed by atoms with Gasteiger partial charge in [-0.1, -0.05) is 6.92 Å². The molecule has 108 valence electrons. The number of rotatable bonds is 3. The number of carboxylic acid groups (broad SMARTS) is 1. The Morgan fingerprint density at radius 2 is 2.26 bits per heavy atom. The molecular formula is C13H22N2O4. The van der Waals surface area contributed by atoms with Gasteiger partial charge in [0.1, 0.15) is 6.04 Å². The van der Waals surface area contributed by atoms with Crippen molar-refractivity contribution >= 4 is 11.9 Å². The van der Waals surface area contributed by atoms with Gasteiger partial charge in [0.05, 0.1) is 19.1 Å². The summed E-state index contributed by atoms with van der Waals surface area (Å²) in [5.41, 5.74) is 0. The van der Waals surface area contributed by atoms with Crippen molar-refractivity contribution in [1.82, 2.24) is 10.2 Å². The first-order valence-corrected chi connectivity index (χ1v) is 6.92. The largest absolute Gasteiger partial charge is 0.480 e. The summed E-state index contributed by atoms with van der Waals surface area (Å²) in [7, 11) is 0. The summed E-state index contributed by atoms with van der Waals surface area (Å²) >= 11 is 0. The molecular weight excluding hydrogens is 248 g/mol. The van der Waals surface area contributed by atoms with Crippen LogP contribution in [0.5, 0.6) is 0 Å². The molecule has 0 spiro atoms. The molecule has 1 amide bonds. The zero-order valence-electron chi connectivity index (χ0n) is 11.3. The number of nitrogens with zero attached hydrogens (tertiary/aromatic N) is 1. The first-order chi connectivity index (χ1) is 9.08. The maximum Gasteiger partial charge on any atom is 0.326 e. The Labute approximate surface area is 113 Å². The summed E-state index contributed by atoms with van der Waals surface area (Å²) in [5, 5.41) is 12.4. The van der Waals surface area contributed by atoms with Crippen molar-refractivity contribution in [3.05, 3.63) is 0 Å². The Hall–Kier alpha value is -1.14. The van der Waals surface area contributed by atoms with Gasteiger partial charge in [0.15, 0.2) is 0 Å². The molecule has 2 saturated heterocycles. The average molecular weight is 270 g/mol. The summed E-state index contributed by atoms with van der Waals surface area (Å²) in [6, 6.07) is -0.673. The summed E-state index contributed by atoms with van der Waals surface area (Å²) in [4.78, 5) is 25.0. The highest BCUT2D eigenvalue weighted by Gasteiger charge is 2.35. The molecule has 3 atom stereocenters. The zero-order valence-corrected chi connectivity index (χ0v) is 11.3. The molecule has 0 aromatic heterocycles. The van der Waals surface area contributed by atoms with Crippen molar-refractivity contribution in [3.8, 4) is 0 Å². The normalized spacial score (nSPS) is 32.1. The number of nitrogens with one attached hydrogen (secondary N) is 1. The molecule has 0 aliphatic carbocycles. The average Bonchev–Trinajstić information content (AvgIpc) is 2.39. The molecule has 6 nitrogen and oxygen atoms in total. The highest BCUT2D eigenvalue weighted by Crippen LogP contribution is 2.24. The molecule has 2 aliphatic heterocycles. The number of amides is 1. The third-order valence-corrected chi connectivity index (χ3v) is 3.88. The monoisotopic (exact) mass is 270 g/mol. The first kappa shape index (κ1) is 14.3. The number of ether oxygens (including phenoxy) is 1. The zero-order chi connectivity index (χ0) is 13.8. The van der Waals surface area contributed by atoms with E-state index in [4.69, 9.17) is 4.74 Å². The summed E-state index contributed by atoms with van der Waals surface area (Å²) in [6.45, 7) is 4.65. The summed E-state index contributed by atoms with van der Waals surface area (Å²) in [5.74, 6) is -0.645. The minimum absolute atomic E-state index is 0.104. The molecule has 0 aromatic carbocycles. The van der Waals surface area contributed by atoms with Crippen LogP contribution in [0.1, 0.15) is 26.2 Å². The summed E-state index contributed by atoms with van der Waals surface area (Å²) < 4.78 is 5.50. The van der Waals surface area contributed by atoms with Gasteiger partial charge < -0.3 is 20.1 Å². The van der Waals surface area contributed by atoms with E-state index in [1.807, 2.05) is 6.92 Å². The molecule has 0 saturated carbocycles. The Morgan fingerprint density at radius 3 is 2.89 bits per heavy atom. The fourth-order valence-corrected chi connectivity index (χ4v) is 2.74. The molecule has 2 fully saturated rings. The van der Waals surface area contributed by atoms with Crippen LogP contribution in [-0.2, 0) is 14.3 Å². The van der Waals surface area contributed by atoms with Crippen LogP contribution in [-0.4, -0.2) is 60.3 Å². The van der Waals surface area contributed by atoms with Crippen molar-refractivity contribution in [1.29, 1.82) is 0 Å². The molecule has 0 bridgehead atoms. The third-order valence-electron chi connectivity index (χ3n) is 3.88. The number of piperidine rings is 1. The lowest BCUT2D eigenvalue weighted by atomic mass is 9.92. The number of morpholine rings is 1. The standard InChI is InChI=1S/C13H22N2O4/c1-9-2-4-15(11(6-9)13(17)18)12(16)7-10-8-14-3-5-19-10/h9-11,14H,2-8H2,1H3,(H,17,18). The van der Waals surface area contributed by atoms with Crippen LogP contribution in [0.4, 0.5) is 0 Å². The Kier molecular flexibility index (Phi) is 4.76. The van der Waals surface area contributed by atoms with Gasteiger partial charge in [0, 0.05) is 19.6 Å². The molecule has 2 N–H and O–H groups in total. The predicted molar refractivity (Wildman–Crippen MR) is 68.8 cm³/mol. The van der Waals surface area contributed by atoms with E-state index < -0.39 is 12.0 Å². The lowest BCUT2D eigenvalue weighted by Crippen LogP contribution is -2.51. The van der Waals surface area contributed by atoms with E-state index >= 15 is 0 Å². The van der Waals surface area contributed by atoms with E-state index in [1.54, 1.807) is 0 Å². The van der Waals surface area contributed by atoms with Crippen molar-refractivity contribution in [3.63, 3.8) is 0 Å². The predicted octanol–water partition coefficient (Wildman–Crippen LogP) is 0.0766. The fraction of sp³-hybridized carbons (Fsp3) is 0.846. The second kappa shape index (κ2) is 6.34. The summed E-state index contributed by atoms with van der Waals surface area (Å²) in [6.07, 6.45) is 1.56. The van der Waals surface area contributed by atoms with Crippen molar-refractivity contribution in [2.75, 3.05) is 26.2 Å². The van der Waals surface area contributed by atoms with E-state index in [-0.39, 0.29) is 18.4 Å². The number of hydrogen-bond donors (Lipinski definition) is 2. The third kappa shape index (κ3) is 3.67. The van der Waals surface area contributed by atoms with Gasteiger partial charge in [-0.3, -0.25) is 4.79 Å². The molecule has 2 heterocycles. The Morgan fingerprint density at radius 1 is 1.47 bits per heavy atom. The molecule has 3 unspecified atom stereocenters. The van der Waals surface area contributed by atoms with Crippen molar-refractivity contribution < 1.29 is 19.4 Å². The van der Waals surface area contributed by atoms with E-state index in [9.17, 15) is 14.7 Å². The maximum atomic E-state index is 12.2. The number of likely N-dealkylation sites (tertiary alicyclic amines) is 1. The van der Waals surface area contributed by atoms with Crippen LogP contribution in [0.25, 0.3) is 0 Å². The van der Waals surface area contributed by atoms with Gasteiger partial charge >= 0.3 is 5.97 Å². The van der Waals surface area contributed by atoms with Gasteiger partial charge in [-0.05, 0) is 18.8 Å². The highest BCUT2D eigenvalue weighted by molar-refractivity contribution is 5.84. The van der Waals surface area contributed by atoms with Crippen molar-refractivity contribution in [2.24, 2.45) is 5.92 Å². The van der Waals surface area contributed by atoms with Crippen molar-refractivity contribution in [2.45, 2.75) is 38.3 Å². The minimum Gasteiger partial charge on any atom is -0.480 e. The Bertz CT molecular complexity index is 342. The van der Waals surface area contributed by atoms with Crippen LogP contribution in [0.15, 0.2) is 0 Å². The van der Waals surface area contributed by atoms with Gasteiger partial charge in [0.2, 0.25) is 5.91 Å². The van der Waals surface area contributed by atoms with Gasteiger partial charge in [-0.2, -0.15) is 0 Å². The van der Waals surface area contributed by atoms with E-state index in [0.717, 1.165) is 13.0 Å². The number of aliphatic carboxylic acids is 1. The second-order valence-corrected chi connectivity index (χ2v) is 5.47. The molecule has 0 aromatic rings. The lowest BCUT2D eigenvalue weighted by Gasteiger charge is -2.37. The second-order valence-electron chi connectivity index (χ2n) is 5.47. The fourth-order valence-electron chi connectivity index (χ4n) is 2.74. The molecule has 6 heteroatoms. The molecule has 0 radical (unpaired) electrons. The van der Waals surface area contributed by atoms with E-state index in [2.05, 4.69) is 5.32 Å². The highest BCUT2D eigenvalue weighted by atomic mass is 16.5. The topological polar surface area (TPSA) is 78.9 Å². The quantitative estimate of drug-likeness (QED) is 0.759. The first-order valence-electron chi connectivity index (χ1n) is 6.92. The number of hydrogen-bond acceptors (Lipinski definition) is 4. The van der Waals surface area contributed by atoms with Gasteiger partial charge in [-0.25, -0.2) is 4.79 Å². The van der Waals surface area contributed by atoms with Crippen LogP contribution in [0.3, 0.4) is 0 Å². The number of carbonyl (C=O) groups excluding carboxylic acids is 1. The van der Waals surface area contributed by atoms with E-state index in [1.165, 1.54) is 4.90 Å². The molecule has 2 aliphatic rings. The Balaban J connectivity index is 1.93.